The number of hydrogen-bond acceptors (Lipinski definition) is 12. The summed E-state index contributed by atoms with van der Waals surface area (Å²) in [5, 5.41) is 11.1. The minimum Gasteiger partial charge on any atom is -0.456 e. The average Bonchev–Trinajstić information content (AvgIpc) is 1.71. The molecular formula is C131H83N9O3. The number of para-hydroxylation sites is 3. The Balaban J connectivity index is 0.000000113. The Hall–Kier alpha value is -19.4. The van der Waals surface area contributed by atoms with Crippen LogP contribution >= 0.6 is 0 Å². The molecule has 0 saturated carbocycles. The molecule has 27 aromatic rings. The summed E-state index contributed by atoms with van der Waals surface area (Å²) in [6.45, 7) is 0. The van der Waals surface area contributed by atoms with Crippen LogP contribution in [0.3, 0.4) is 0 Å². The highest BCUT2D eigenvalue weighted by Crippen LogP contribution is 2.46. The Morgan fingerprint density at radius 2 is 0.343 bits per heavy atom. The maximum Gasteiger partial charge on any atom is 0.164 e. The van der Waals surface area contributed by atoms with Gasteiger partial charge in [-0.1, -0.05) is 443 Å². The molecule has 12 nitrogen and oxygen atoms in total. The summed E-state index contributed by atoms with van der Waals surface area (Å²) in [7, 11) is 0. The van der Waals surface area contributed by atoms with Crippen molar-refractivity contribution in [2.45, 2.75) is 0 Å². The van der Waals surface area contributed by atoms with Crippen molar-refractivity contribution in [2.24, 2.45) is 0 Å². The fourth-order valence-corrected chi connectivity index (χ4v) is 19.4. The number of benzene rings is 21. The van der Waals surface area contributed by atoms with E-state index in [1.54, 1.807) is 0 Å². The van der Waals surface area contributed by atoms with Crippen LogP contribution < -0.4 is 0 Å². The molecule has 0 aliphatic rings. The van der Waals surface area contributed by atoms with Gasteiger partial charge in [0.1, 0.15) is 33.5 Å². The van der Waals surface area contributed by atoms with E-state index in [-0.39, 0.29) is 0 Å². The van der Waals surface area contributed by atoms with E-state index in [0.717, 1.165) is 199 Å². The topological polar surface area (TPSA) is 155 Å². The molecule has 0 unspecified atom stereocenters. The van der Waals surface area contributed by atoms with E-state index in [1.807, 2.05) is 164 Å². The lowest BCUT2D eigenvalue weighted by molar-refractivity contribution is 0.668. The molecule has 12 heteroatoms. The molecule has 143 heavy (non-hydrogen) atoms. The Morgan fingerprint density at radius 3 is 0.741 bits per heavy atom. The lowest BCUT2D eigenvalue weighted by Crippen LogP contribution is -2.00. The third-order valence-electron chi connectivity index (χ3n) is 26.5. The van der Waals surface area contributed by atoms with E-state index in [0.29, 0.717) is 52.4 Å². The van der Waals surface area contributed by atoms with E-state index in [2.05, 4.69) is 340 Å². The van der Waals surface area contributed by atoms with Crippen molar-refractivity contribution >= 4 is 87.4 Å². The summed E-state index contributed by atoms with van der Waals surface area (Å²) in [4.78, 5) is 45.1. The number of hydrogen-bond donors (Lipinski definition) is 0. The first-order valence-corrected chi connectivity index (χ1v) is 47.8. The van der Waals surface area contributed by atoms with Crippen LogP contribution in [-0.4, -0.2) is 44.9 Å². The van der Waals surface area contributed by atoms with Gasteiger partial charge in [-0.25, -0.2) is 44.9 Å². The first-order valence-electron chi connectivity index (χ1n) is 47.8. The van der Waals surface area contributed by atoms with Crippen molar-refractivity contribution in [2.75, 3.05) is 0 Å². The summed E-state index contributed by atoms with van der Waals surface area (Å²) in [6, 6.07) is 173. The van der Waals surface area contributed by atoms with Gasteiger partial charge in [0.25, 0.3) is 0 Å². The van der Waals surface area contributed by atoms with E-state index < -0.39 is 0 Å². The van der Waals surface area contributed by atoms with Gasteiger partial charge in [-0.2, -0.15) is 0 Å². The van der Waals surface area contributed by atoms with Crippen LogP contribution in [0.25, 0.3) is 268 Å². The molecule has 27 rings (SSSR count). The smallest absolute Gasteiger partial charge is 0.164 e. The highest BCUT2D eigenvalue weighted by atomic mass is 16.3. The average molecular weight is 1830 g/mol. The van der Waals surface area contributed by atoms with Crippen molar-refractivity contribution in [3.8, 4) is 180 Å². The maximum atomic E-state index is 6.39. The predicted molar refractivity (Wildman–Crippen MR) is 583 cm³/mol. The van der Waals surface area contributed by atoms with Crippen molar-refractivity contribution in [1.82, 2.24) is 44.9 Å². The Labute approximate surface area is 823 Å². The zero-order valence-corrected chi connectivity index (χ0v) is 77.2. The quantitative estimate of drug-likeness (QED) is 0.0904. The summed E-state index contributed by atoms with van der Waals surface area (Å²) in [6.07, 6.45) is 0. The second-order valence-corrected chi connectivity index (χ2v) is 35.3. The van der Waals surface area contributed by atoms with Gasteiger partial charge in [-0.3, -0.25) is 0 Å². The molecule has 6 aromatic heterocycles. The van der Waals surface area contributed by atoms with E-state index in [1.165, 1.54) is 16.7 Å². The maximum absolute atomic E-state index is 6.39. The zero-order chi connectivity index (χ0) is 94.9. The van der Waals surface area contributed by atoms with Gasteiger partial charge in [-0.15, -0.1) is 0 Å². The minimum atomic E-state index is 0.625. The summed E-state index contributed by atoms with van der Waals surface area (Å²) in [5.41, 5.74) is 29.7. The van der Waals surface area contributed by atoms with Crippen LogP contribution in [-0.2, 0) is 0 Å². The second-order valence-electron chi connectivity index (χ2n) is 35.3. The van der Waals surface area contributed by atoms with Gasteiger partial charge >= 0.3 is 0 Å². The van der Waals surface area contributed by atoms with Crippen LogP contribution in [0, 0.1) is 0 Å². The zero-order valence-electron chi connectivity index (χ0n) is 77.2. The SMILES string of the molecule is c1ccc(-c2ccc(-c3nc(-c4ccccc4)nc(-c4ccc(-c5cc(-c6ccccc6)cc6oc7ccccc7c56)cc4)n3)cc2)cc1.c1ccc(-c2ccc(-c3nc(-c4ccccc4)nc(-c4ccc(-c5ccc6c(c5)oc5ccccc56)c5ccccc45)n3)cc2)cc1.c1ccc(-c2ccc(-c3nc(-c4ccccc4)nc(-c4ccc(-c5cccc6oc7ccccc7c56)c5ccccc45)n3)cc2)cc1. The minimum absolute atomic E-state index is 0.625. The Bertz CT molecular complexity index is 9400. The van der Waals surface area contributed by atoms with Crippen LogP contribution in [0.15, 0.2) is 517 Å². The molecule has 0 saturated heterocycles. The molecule has 0 atom stereocenters. The van der Waals surface area contributed by atoms with Gasteiger partial charge < -0.3 is 13.3 Å². The molecule has 0 aliphatic carbocycles. The predicted octanol–water partition coefficient (Wildman–Crippen LogP) is 34.3. The van der Waals surface area contributed by atoms with E-state index in [4.69, 9.17) is 58.1 Å². The lowest BCUT2D eigenvalue weighted by atomic mass is 9.92. The fourth-order valence-electron chi connectivity index (χ4n) is 19.4. The summed E-state index contributed by atoms with van der Waals surface area (Å²) in [5.74, 6) is 5.72. The molecule has 0 bridgehead atoms. The lowest BCUT2D eigenvalue weighted by Gasteiger charge is -2.14. The van der Waals surface area contributed by atoms with E-state index in [9.17, 15) is 0 Å². The third kappa shape index (κ3) is 16.9. The standard InChI is InChI=1S/C45H29N3O.2C43H27N3O/c1-4-12-30(13-5-1)32-20-24-35(25-21-32)44-46-43(34-16-8-3-9-17-34)47-45(48-44)36-26-22-33(23-27-36)39-28-37(31-14-6-2-7-15-31)29-41-42(39)38-18-10-11-19-40(38)49-41;1-3-12-28(13-4-1)29-22-24-31(25-23-29)42-44-41(30-14-5-2-6-15-30)45-43(46-42)36-27-26-34(32-16-7-8-17-33(32)36)35-19-11-21-39-40(35)37-18-9-10-20-38(37)47-39;1-3-11-28(12-4-1)29-19-21-31(22-20-29)42-44-41(30-13-5-2-6-14-30)45-43(46-42)38-26-25-33(34-15-7-8-16-35(34)38)32-23-24-37-36-17-9-10-18-39(36)47-40(37)27-32/h1-29H;2*1-27H. The first kappa shape index (κ1) is 85.2. The van der Waals surface area contributed by atoms with Crippen LogP contribution in [0.1, 0.15) is 0 Å². The van der Waals surface area contributed by atoms with Crippen molar-refractivity contribution < 1.29 is 13.3 Å². The number of furan rings is 3. The highest BCUT2D eigenvalue weighted by Gasteiger charge is 2.24. The molecular weight excluding hydrogens is 1750 g/mol. The summed E-state index contributed by atoms with van der Waals surface area (Å²) >= 11 is 0. The van der Waals surface area contributed by atoms with Gasteiger partial charge in [0.05, 0.1) is 0 Å². The van der Waals surface area contributed by atoms with Crippen molar-refractivity contribution in [1.29, 1.82) is 0 Å². The van der Waals surface area contributed by atoms with Crippen LogP contribution in [0.5, 0.6) is 0 Å². The van der Waals surface area contributed by atoms with Gasteiger partial charge in [0.2, 0.25) is 0 Å². The molecule has 21 aromatic carbocycles. The molecule has 0 radical (unpaired) electrons. The Morgan fingerprint density at radius 1 is 0.105 bits per heavy atom. The van der Waals surface area contributed by atoms with Crippen LogP contribution in [0.2, 0.25) is 0 Å². The Kier molecular flexibility index (Phi) is 22.4. The van der Waals surface area contributed by atoms with Gasteiger partial charge in [0.15, 0.2) is 52.4 Å². The van der Waals surface area contributed by atoms with Gasteiger partial charge in [-0.05, 0) is 160 Å². The molecule has 670 valence electrons. The molecule has 0 spiro atoms. The molecule has 0 N–H and O–H groups in total. The molecule has 6 heterocycles. The highest BCUT2D eigenvalue weighted by molar-refractivity contribution is 6.18. The molecule has 0 aliphatic heterocycles. The van der Waals surface area contributed by atoms with Gasteiger partial charge in [0, 0.05) is 82.4 Å². The third-order valence-corrected chi connectivity index (χ3v) is 26.5. The van der Waals surface area contributed by atoms with Crippen LogP contribution in [0.4, 0.5) is 0 Å². The second kappa shape index (κ2) is 37.6. The number of aromatic nitrogens is 9. The molecule has 0 fully saturated rings. The normalized spacial score (nSPS) is 11.4. The monoisotopic (exact) mass is 1830 g/mol. The van der Waals surface area contributed by atoms with E-state index >= 15 is 0 Å². The fraction of sp³-hybridized carbons (Fsp3) is 0. The number of rotatable bonds is 16. The number of fused-ring (bicyclic) bond motifs is 11. The largest absolute Gasteiger partial charge is 0.456 e. The first-order chi connectivity index (χ1) is 70.8. The van der Waals surface area contributed by atoms with Crippen molar-refractivity contribution in [3.05, 3.63) is 504 Å². The summed E-state index contributed by atoms with van der Waals surface area (Å²) < 4.78 is 18.9. The number of nitrogens with zero attached hydrogens (tertiary/aromatic N) is 9. The van der Waals surface area contributed by atoms with Crippen molar-refractivity contribution in [3.63, 3.8) is 0 Å². The molecule has 0 amide bonds.